The van der Waals surface area contributed by atoms with Crippen LogP contribution in [0.15, 0.2) is 35.7 Å². The highest BCUT2D eigenvalue weighted by Gasteiger charge is 2.22. The minimum atomic E-state index is -0.249. The lowest BCUT2D eigenvalue weighted by molar-refractivity contribution is 0.244. The number of urea groups is 1. The molecule has 2 aromatic heterocycles. The van der Waals surface area contributed by atoms with Gasteiger partial charge in [0.25, 0.3) is 0 Å². The van der Waals surface area contributed by atoms with Gasteiger partial charge in [-0.2, -0.15) is 5.11 Å². The molecule has 0 aliphatic heterocycles. The van der Waals surface area contributed by atoms with Crippen LogP contribution in [-0.4, -0.2) is 28.6 Å². The van der Waals surface area contributed by atoms with Crippen LogP contribution in [-0.2, 0) is 0 Å². The van der Waals surface area contributed by atoms with Gasteiger partial charge in [0.15, 0.2) is 0 Å². The van der Waals surface area contributed by atoms with Gasteiger partial charge in [0.1, 0.15) is 5.82 Å². The van der Waals surface area contributed by atoms with Crippen molar-refractivity contribution in [3.05, 3.63) is 36.2 Å². The Balaban J connectivity index is 1.73. The van der Waals surface area contributed by atoms with Crippen LogP contribution in [0.2, 0.25) is 0 Å². The molecule has 3 rings (SSSR count). The number of carbonyl (C=O) groups is 1. The van der Waals surface area contributed by atoms with Crippen LogP contribution < -0.4 is 16.4 Å². The van der Waals surface area contributed by atoms with E-state index in [0.717, 1.165) is 5.56 Å². The maximum Gasteiger partial charge on any atom is 0.320 e. The van der Waals surface area contributed by atoms with Crippen molar-refractivity contribution in [3.8, 4) is 0 Å². The van der Waals surface area contributed by atoms with Gasteiger partial charge < -0.3 is 11.1 Å². The van der Waals surface area contributed by atoms with Gasteiger partial charge in [-0.05, 0) is 49.5 Å². The SMILES string of the molecule is C[C@@H](NC(=O)Nc1ccc2ncc(/C(=C/N=N)CN)cc2n1)C1CCCC1. The fourth-order valence-electron chi connectivity index (χ4n) is 3.51. The molecule has 2 amide bonds. The van der Waals surface area contributed by atoms with E-state index in [1.54, 1.807) is 12.3 Å². The van der Waals surface area contributed by atoms with E-state index in [2.05, 4.69) is 32.6 Å². The number of nitrogens with two attached hydrogens (primary N) is 1. The average Bonchev–Trinajstić information content (AvgIpc) is 3.20. The van der Waals surface area contributed by atoms with Crippen LogP contribution in [0.3, 0.4) is 0 Å². The second kappa shape index (κ2) is 8.68. The molecule has 0 aromatic carbocycles. The number of amides is 2. The van der Waals surface area contributed by atoms with Crippen molar-refractivity contribution in [1.29, 1.82) is 5.53 Å². The number of hydrogen-bond acceptors (Lipinski definition) is 6. The maximum absolute atomic E-state index is 12.3. The fraction of sp³-hybridized carbons (Fsp3) is 0.421. The Labute approximate surface area is 158 Å². The minimum Gasteiger partial charge on any atom is -0.335 e. The molecule has 0 radical (unpaired) electrons. The first kappa shape index (κ1) is 18.9. The Morgan fingerprint density at radius 2 is 2.19 bits per heavy atom. The van der Waals surface area contributed by atoms with Gasteiger partial charge in [0, 0.05) is 24.3 Å². The monoisotopic (exact) mass is 367 g/mol. The van der Waals surface area contributed by atoms with Crippen LogP contribution in [0.5, 0.6) is 0 Å². The molecule has 1 saturated carbocycles. The fourth-order valence-corrected chi connectivity index (χ4v) is 3.51. The van der Waals surface area contributed by atoms with Gasteiger partial charge in [-0.25, -0.2) is 15.3 Å². The van der Waals surface area contributed by atoms with Crippen LogP contribution >= 0.6 is 0 Å². The normalized spacial score (nSPS) is 16.3. The van der Waals surface area contributed by atoms with E-state index in [9.17, 15) is 4.79 Å². The van der Waals surface area contributed by atoms with Crippen molar-refractivity contribution >= 4 is 28.5 Å². The molecule has 1 aliphatic rings. The lowest BCUT2D eigenvalue weighted by Gasteiger charge is -2.20. The summed E-state index contributed by atoms with van der Waals surface area (Å²) in [6.07, 6.45) is 7.90. The Kier molecular flexibility index (Phi) is 6.08. The largest absolute Gasteiger partial charge is 0.335 e. The molecule has 1 aliphatic carbocycles. The Hall–Kier alpha value is -2.87. The number of nitrogens with zero attached hydrogens (tertiary/aromatic N) is 3. The smallest absolute Gasteiger partial charge is 0.320 e. The standard InChI is InChI=1S/C19H25N7O/c1-12(13-4-2-3-5-13)24-19(27)26-18-7-6-16-17(25-18)8-14(10-22-16)15(9-20)11-23-21/h6-8,10-13,21H,2-5,9,20H2,1H3,(H2,24,25,26,27)/b15-11+,23-21?/t12-/m1/s1. The molecule has 8 heteroatoms. The number of fused-ring (bicyclic) bond motifs is 1. The first-order valence-electron chi connectivity index (χ1n) is 9.21. The summed E-state index contributed by atoms with van der Waals surface area (Å²) in [6, 6.07) is 5.26. The zero-order chi connectivity index (χ0) is 19.2. The van der Waals surface area contributed by atoms with Crippen LogP contribution in [0.4, 0.5) is 10.6 Å². The zero-order valence-electron chi connectivity index (χ0n) is 15.4. The molecule has 2 heterocycles. The number of pyridine rings is 2. The number of nitrogens with one attached hydrogen (secondary N) is 3. The first-order valence-corrected chi connectivity index (χ1v) is 9.21. The van der Waals surface area contributed by atoms with Gasteiger partial charge in [-0.1, -0.05) is 12.8 Å². The maximum atomic E-state index is 12.3. The lowest BCUT2D eigenvalue weighted by atomic mass is 10.0. The summed E-state index contributed by atoms with van der Waals surface area (Å²) in [7, 11) is 0. The predicted octanol–water partition coefficient (Wildman–Crippen LogP) is 3.66. The second-order valence-electron chi connectivity index (χ2n) is 6.88. The lowest BCUT2D eigenvalue weighted by Crippen LogP contribution is -2.40. The third-order valence-corrected chi connectivity index (χ3v) is 5.06. The van der Waals surface area contributed by atoms with E-state index in [4.69, 9.17) is 11.3 Å². The number of rotatable bonds is 6. The van der Waals surface area contributed by atoms with Gasteiger partial charge in [0.05, 0.1) is 17.2 Å². The molecule has 0 spiro atoms. The third kappa shape index (κ3) is 4.65. The van der Waals surface area contributed by atoms with Crippen LogP contribution in [0, 0.1) is 11.4 Å². The molecule has 2 aromatic rings. The summed E-state index contributed by atoms with van der Waals surface area (Å²) < 4.78 is 0. The predicted molar refractivity (Wildman–Crippen MR) is 105 cm³/mol. The Morgan fingerprint density at radius 3 is 2.89 bits per heavy atom. The molecule has 0 bridgehead atoms. The summed E-state index contributed by atoms with van der Waals surface area (Å²) in [5, 5.41) is 9.08. The van der Waals surface area contributed by atoms with Crippen molar-refractivity contribution in [2.45, 2.75) is 38.6 Å². The molecule has 142 valence electrons. The zero-order valence-corrected chi connectivity index (χ0v) is 15.4. The summed E-state index contributed by atoms with van der Waals surface area (Å²) in [4.78, 5) is 21.1. The summed E-state index contributed by atoms with van der Waals surface area (Å²) in [5.74, 6) is 1.01. The average molecular weight is 367 g/mol. The van der Waals surface area contributed by atoms with Crippen molar-refractivity contribution < 1.29 is 4.79 Å². The van der Waals surface area contributed by atoms with Gasteiger partial charge >= 0.3 is 6.03 Å². The van der Waals surface area contributed by atoms with Gasteiger partial charge in [-0.3, -0.25) is 10.3 Å². The minimum absolute atomic E-state index is 0.145. The number of aromatic nitrogens is 2. The molecule has 0 unspecified atom stereocenters. The Bertz CT molecular complexity index is 858. The summed E-state index contributed by atoms with van der Waals surface area (Å²) in [5.41, 5.74) is 15.5. The van der Waals surface area contributed by atoms with Crippen LogP contribution in [0.25, 0.3) is 16.6 Å². The van der Waals surface area contributed by atoms with E-state index in [1.807, 2.05) is 12.1 Å². The summed E-state index contributed by atoms with van der Waals surface area (Å²) >= 11 is 0. The van der Waals surface area contributed by atoms with E-state index in [-0.39, 0.29) is 18.6 Å². The van der Waals surface area contributed by atoms with Crippen molar-refractivity contribution in [2.75, 3.05) is 11.9 Å². The van der Waals surface area contributed by atoms with Crippen molar-refractivity contribution in [2.24, 2.45) is 16.8 Å². The topological polar surface area (TPSA) is 129 Å². The summed E-state index contributed by atoms with van der Waals surface area (Å²) in [6.45, 7) is 2.30. The van der Waals surface area contributed by atoms with E-state index in [1.165, 1.54) is 31.9 Å². The highest BCUT2D eigenvalue weighted by molar-refractivity contribution is 5.90. The molecule has 0 saturated heterocycles. The highest BCUT2D eigenvalue weighted by atomic mass is 16.2. The molecule has 5 N–H and O–H groups in total. The number of anilines is 1. The van der Waals surface area contributed by atoms with Crippen LogP contribution in [0.1, 0.15) is 38.2 Å². The molecular formula is C19H25N7O. The quantitative estimate of drug-likeness (QED) is 0.580. The molecular weight excluding hydrogens is 342 g/mol. The molecule has 8 nitrogen and oxygen atoms in total. The van der Waals surface area contributed by atoms with E-state index >= 15 is 0 Å². The third-order valence-electron chi connectivity index (χ3n) is 5.06. The molecule has 1 fully saturated rings. The van der Waals surface area contributed by atoms with E-state index in [0.29, 0.717) is 28.3 Å². The van der Waals surface area contributed by atoms with Crippen molar-refractivity contribution in [1.82, 2.24) is 15.3 Å². The first-order chi connectivity index (χ1) is 13.1. The van der Waals surface area contributed by atoms with E-state index < -0.39 is 0 Å². The second-order valence-corrected chi connectivity index (χ2v) is 6.88. The molecule has 27 heavy (non-hydrogen) atoms. The Morgan fingerprint density at radius 1 is 1.41 bits per heavy atom. The van der Waals surface area contributed by atoms with Gasteiger partial charge in [-0.15, -0.1) is 0 Å². The van der Waals surface area contributed by atoms with Crippen molar-refractivity contribution in [3.63, 3.8) is 0 Å². The highest BCUT2D eigenvalue weighted by Crippen LogP contribution is 2.27. The molecule has 1 atom stereocenters. The number of hydrogen-bond donors (Lipinski definition) is 4. The number of carbonyl (C=O) groups excluding carboxylic acids is 1. The van der Waals surface area contributed by atoms with Gasteiger partial charge in [0.2, 0.25) is 0 Å².